The number of hydrogen-bond acceptors (Lipinski definition) is 8. The van der Waals surface area contributed by atoms with Gasteiger partial charge in [0.15, 0.2) is 17.2 Å². The van der Waals surface area contributed by atoms with Crippen molar-refractivity contribution in [1.82, 2.24) is 0 Å². The number of anilines is 15. The van der Waals surface area contributed by atoms with E-state index in [1.165, 1.54) is 16.4 Å². The van der Waals surface area contributed by atoms with Gasteiger partial charge in [-0.1, -0.05) is 170 Å². The molecule has 0 amide bonds. The van der Waals surface area contributed by atoms with Crippen LogP contribution in [0.4, 0.5) is 85.3 Å². The molecule has 5 aliphatic rings. The molecule has 0 fully saturated rings. The lowest BCUT2D eigenvalue weighted by molar-refractivity contribution is 0.416. The lowest BCUT2D eigenvalue weighted by Gasteiger charge is -2.45. The number of hydrogen-bond donors (Lipinski definition) is 0. The van der Waals surface area contributed by atoms with E-state index >= 15 is 0 Å². The average molecular weight is 1130 g/mol. The van der Waals surface area contributed by atoms with E-state index in [-0.39, 0.29) is 13.4 Å². The highest BCUT2D eigenvalue weighted by Crippen LogP contribution is 2.56. The van der Waals surface area contributed by atoms with E-state index in [2.05, 4.69) is 322 Å². The number of ether oxygens (including phenoxy) is 3. The number of rotatable bonds is 9. The number of para-hydroxylation sites is 10. The molecule has 0 spiro atoms. The first kappa shape index (κ1) is 49.8. The molecule has 13 aromatic carbocycles. The molecule has 5 heterocycles. The summed E-state index contributed by atoms with van der Waals surface area (Å²) in [5.74, 6) is 4.24. The van der Waals surface area contributed by atoms with Gasteiger partial charge in [0.05, 0.1) is 22.7 Å². The second-order valence-electron chi connectivity index (χ2n) is 22.8. The molecule has 8 nitrogen and oxygen atoms in total. The second-order valence-corrected chi connectivity index (χ2v) is 22.8. The topological polar surface area (TPSA) is 43.9 Å². The zero-order valence-electron chi connectivity index (χ0n) is 47.6. The van der Waals surface area contributed by atoms with Crippen molar-refractivity contribution in [3.8, 4) is 34.5 Å². The summed E-state index contributed by atoms with van der Waals surface area (Å²) in [6, 6.07) is 110. The van der Waals surface area contributed by atoms with Crippen molar-refractivity contribution in [3.05, 3.63) is 309 Å². The van der Waals surface area contributed by atoms with Gasteiger partial charge in [-0.25, -0.2) is 0 Å². The van der Waals surface area contributed by atoms with Gasteiger partial charge in [-0.2, -0.15) is 0 Å². The second kappa shape index (κ2) is 20.0. The van der Waals surface area contributed by atoms with Crippen LogP contribution in [0, 0.1) is 0 Å². The zero-order chi connectivity index (χ0) is 57.8. The maximum absolute atomic E-state index is 7.61. The van der Waals surface area contributed by atoms with Crippen LogP contribution in [-0.2, 0) is 0 Å². The molecular formula is C78H51B2N5O3. The monoisotopic (exact) mass is 1130 g/mol. The van der Waals surface area contributed by atoms with Crippen LogP contribution in [-0.4, -0.2) is 13.4 Å². The Labute approximate surface area is 511 Å². The highest BCUT2D eigenvalue weighted by Gasteiger charge is 2.49. The number of nitrogens with zero attached hydrogens (tertiary/aromatic N) is 5. The summed E-state index contributed by atoms with van der Waals surface area (Å²) in [6.45, 7) is -0.540. The van der Waals surface area contributed by atoms with E-state index in [1.54, 1.807) is 0 Å². The Morgan fingerprint density at radius 1 is 0.227 bits per heavy atom. The van der Waals surface area contributed by atoms with Crippen molar-refractivity contribution >= 4 is 132 Å². The fraction of sp³-hybridized carbons (Fsp3) is 0. The van der Waals surface area contributed by atoms with Crippen molar-refractivity contribution in [2.24, 2.45) is 0 Å². The third kappa shape index (κ3) is 7.75. The molecule has 10 heteroatoms. The van der Waals surface area contributed by atoms with E-state index in [1.807, 2.05) is 12.1 Å². The highest BCUT2D eigenvalue weighted by molar-refractivity contribution is 7.02. The quantitative estimate of drug-likeness (QED) is 0.133. The van der Waals surface area contributed by atoms with E-state index in [0.29, 0.717) is 17.2 Å². The van der Waals surface area contributed by atoms with Gasteiger partial charge < -0.3 is 38.7 Å². The van der Waals surface area contributed by atoms with E-state index in [4.69, 9.17) is 14.2 Å². The normalized spacial score (nSPS) is 13.2. The Balaban J connectivity index is 0.913. The lowest BCUT2D eigenvalue weighted by Crippen LogP contribution is -2.64. The summed E-state index contributed by atoms with van der Waals surface area (Å²) < 4.78 is 22.3. The fourth-order valence-electron chi connectivity index (χ4n) is 14.2. The minimum absolute atomic E-state index is 0.201. The SMILES string of the molecule is c1ccc(N(c2ccccc2)c2cc3c4c(c2)Oc2c(ccc5c2Oc2ccccc2N5c2ccccc2)B4c2cc4c(cc2O3)N(c2ccccc2)c2cc(N(c3ccccc3)c3ccccc3)cc3c2B4c2ccccc2N3c2ccccc2)cc1. The van der Waals surface area contributed by atoms with E-state index < -0.39 is 0 Å². The van der Waals surface area contributed by atoms with Crippen LogP contribution in [0.25, 0.3) is 0 Å². The third-order valence-electron chi connectivity index (χ3n) is 17.8. The molecule has 0 saturated carbocycles. The molecule has 412 valence electrons. The average Bonchev–Trinajstić information content (AvgIpc) is 0.849. The summed E-state index contributed by atoms with van der Waals surface area (Å²) in [7, 11) is 0. The van der Waals surface area contributed by atoms with Crippen molar-refractivity contribution < 1.29 is 14.2 Å². The fourth-order valence-corrected chi connectivity index (χ4v) is 14.2. The predicted octanol–water partition coefficient (Wildman–Crippen LogP) is 17.0. The summed E-state index contributed by atoms with van der Waals surface area (Å²) >= 11 is 0. The van der Waals surface area contributed by atoms with Gasteiger partial charge in [-0.05, 0) is 149 Å². The maximum atomic E-state index is 7.61. The molecule has 0 atom stereocenters. The number of benzene rings is 13. The smallest absolute Gasteiger partial charge is 0.260 e. The highest BCUT2D eigenvalue weighted by atomic mass is 16.5. The summed E-state index contributed by atoms with van der Waals surface area (Å²) in [5, 5.41) is 0. The van der Waals surface area contributed by atoms with E-state index in [0.717, 1.165) is 119 Å². The van der Waals surface area contributed by atoms with Gasteiger partial charge >= 0.3 is 0 Å². The Bertz CT molecular complexity index is 4800. The molecule has 0 bridgehead atoms. The molecule has 0 aliphatic carbocycles. The van der Waals surface area contributed by atoms with Gasteiger partial charge in [0.1, 0.15) is 17.2 Å². The largest absolute Gasteiger partial charge is 0.458 e. The molecule has 0 unspecified atom stereocenters. The molecule has 18 rings (SSSR count). The van der Waals surface area contributed by atoms with Gasteiger partial charge in [0.2, 0.25) is 0 Å². The maximum Gasteiger partial charge on any atom is 0.260 e. The first-order chi connectivity index (χ1) is 43.7. The first-order valence-corrected chi connectivity index (χ1v) is 30.0. The van der Waals surface area contributed by atoms with Crippen molar-refractivity contribution in [2.45, 2.75) is 0 Å². The molecular weight excluding hydrogens is 1080 g/mol. The first-order valence-electron chi connectivity index (χ1n) is 30.0. The van der Waals surface area contributed by atoms with Crippen molar-refractivity contribution in [1.29, 1.82) is 0 Å². The van der Waals surface area contributed by atoms with Gasteiger partial charge in [-0.3, -0.25) is 0 Å². The molecule has 5 aliphatic heterocycles. The summed E-state index contributed by atoms with van der Waals surface area (Å²) in [5.41, 5.74) is 21.9. The minimum Gasteiger partial charge on any atom is -0.458 e. The van der Waals surface area contributed by atoms with Gasteiger partial charge in [0, 0.05) is 86.2 Å². The Hall–Kier alpha value is -11.6. The molecule has 88 heavy (non-hydrogen) atoms. The molecule has 0 N–H and O–H groups in total. The van der Waals surface area contributed by atoms with Crippen LogP contribution in [0.1, 0.15) is 0 Å². The molecule has 13 aromatic rings. The standard InChI is InChI=1S/C78H51B2N5O3/c1-8-26-52(27-9-1)81(53-28-10-2-11-29-53)59-46-69-75-70(47-59)85(58-38-20-7-21-39-58)68-51-72-64(50-63(68)79(75)61-40-22-23-41-65(61)83(69)56-34-16-5-17-35-56)80-62-44-45-67-78(87-71-43-25-24-42-66(71)84(67)57-36-18-6-19-37-57)77(62)88-74-49-60(48-73(86-72)76(74)80)82(54-30-12-3-13-31-54)55-32-14-4-15-33-55/h1-51H. The molecule has 0 radical (unpaired) electrons. The van der Waals surface area contributed by atoms with Crippen LogP contribution in [0.2, 0.25) is 0 Å². The Morgan fingerprint density at radius 3 is 1.19 bits per heavy atom. The van der Waals surface area contributed by atoms with Crippen LogP contribution < -0.4 is 71.5 Å². The predicted molar refractivity (Wildman–Crippen MR) is 362 cm³/mol. The van der Waals surface area contributed by atoms with Gasteiger partial charge in [-0.15, -0.1) is 0 Å². The van der Waals surface area contributed by atoms with Crippen molar-refractivity contribution in [3.63, 3.8) is 0 Å². The Kier molecular flexibility index (Phi) is 11.3. The lowest BCUT2D eigenvalue weighted by atomic mass is 9.31. The van der Waals surface area contributed by atoms with Crippen LogP contribution in [0.15, 0.2) is 309 Å². The van der Waals surface area contributed by atoms with Crippen molar-refractivity contribution in [2.75, 3.05) is 24.5 Å². The molecule has 0 aromatic heterocycles. The Morgan fingerprint density at radius 2 is 0.648 bits per heavy atom. The minimum atomic E-state index is -0.339. The molecule has 0 saturated heterocycles. The zero-order valence-corrected chi connectivity index (χ0v) is 47.6. The number of fused-ring (bicyclic) bond motifs is 11. The summed E-state index contributed by atoms with van der Waals surface area (Å²) in [4.78, 5) is 11.9. The van der Waals surface area contributed by atoms with Crippen LogP contribution >= 0.6 is 0 Å². The van der Waals surface area contributed by atoms with Crippen LogP contribution in [0.5, 0.6) is 34.5 Å². The third-order valence-corrected chi connectivity index (χ3v) is 17.8. The van der Waals surface area contributed by atoms with Crippen LogP contribution in [0.3, 0.4) is 0 Å². The van der Waals surface area contributed by atoms with Gasteiger partial charge in [0.25, 0.3) is 13.4 Å². The van der Waals surface area contributed by atoms with E-state index in [9.17, 15) is 0 Å². The summed E-state index contributed by atoms with van der Waals surface area (Å²) in [6.07, 6.45) is 0.